The number of alkyl halides is 3. The van der Waals surface area contributed by atoms with Crippen molar-refractivity contribution in [2.45, 2.75) is 52.1 Å². The molecular formula is C13H18F3N. The van der Waals surface area contributed by atoms with E-state index in [0.717, 1.165) is 30.9 Å². The van der Waals surface area contributed by atoms with Crippen molar-refractivity contribution < 1.29 is 13.2 Å². The number of hydrogen-bond acceptors (Lipinski definition) is 1. The van der Waals surface area contributed by atoms with E-state index in [9.17, 15) is 13.2 Å². The number of pyridine rings is 1. The number of hydrogen-bond donors (Lipinski definition) is 0. The van der Waals surface area contributed by atoms with Crippen LogP contribution in [0, 0.1) is 6.92 Å². The molecular weight excluding hydrogens is 227 g/mol. The largest absolute Gasteiger partial charge is 0.433 e. The lowest BCUT2D eigenvalue weighted by molar-refractivity contribution is -0.141. The van der Waals surface area contributed by atoms with Crippen molar-refractivity contribution in [3.05, 3.63) is 29.1 Å². The van der Waals surface area contributed by atoms with Crippen molar-refractivity contribution in [3.8, 4) is 0 Å². The fourth-order valence-electron chi connectivity index (χ4n) is 2.09. The van der Waals surface area contributed by atoms with Crippen LogP contribution < -0.4 is 0 Å². The zero-order chi connectivity index (χ0) is 13.1. The maximum Gasteiger partial charge on any atom is 0.433 e. The third-order valence-electron chi connectivity index (χ3n) is 2.99. The maximum absolute atomic E-state index is 12.5. The van der Waals surface area contributed by atoms with Gasteiger partial charge in [-0.1, -0.05) is 26.3 Å². The van der Waals surface area contributed by atoms with Crippen LogP contribution in [0.3, 0.4) is 0 Å². The lowest BCUT2D eigenvalue weighted by Crippen LogP contribution is -2.11. The summed E-state index contributed by atoms with van der Waals surface area (Å²) in [5.41, 5.74) is 0.646. The average molecular weight is 245 g/mol. The van der Waals surface area contributed by atoms with Crippen molar-refractivity contribution >= 4 is 0 Å². The summed E-state index contributed by atoms with van der Waals surface area (Å²) in [6.07, 6.45) is -1.40. The average Bonchev–Trinajstić information content (AvgIpc) is 2.25. The highest BCUT2D eigenvalue weighted by Gasteiger charge is 2.32. The summed E-state index contributed by atoms with van der Waals surface area (Å²) in [6, 6.07) is 2.66. The van der Waals surface area contributed by atoms with Gasteiger partial charge in [0, 0.05) is 5.69 Å². The Morgan fingerprint density at radius 1 is 1.24 bits per heavy atom. The van der Waals surface area contributed by atoms with E-state index in [1.165, 1.54) is 0 Å². The molecule has 0 saturated carbocycles. The lowest BCUT2D eigenvalue weighted by Gasteiger charge is -2.17. The predicted molar refractivity (Wildman–Crippen MR) is 61.9 cm³/mol. The molecule has 1 unspecified atom stereocenters. The monoisotopic (exact) mass is 245 g/mol. The number of rotatable bonds is 4. The highest BCUT2D eigenvalue weighted by Crippen LogP contribution is 2.31. The van der Waals surface area contributed by atoms with Gasteiger partial charge in [-0.05, 0) is 37.3 Å². The molecule has 0 aliphatic rings. The molecule has 1 aromatic rings. The Balaban J connectivity index is 3.04. The number of nitrogens with zero attached hydrogens (tertiary/aromatic N) is 1. The first-order valence-corrected chi connectivity index (χ1v) is 5.94. The van der Waals surface area contributed by atoms with E-state index >= 15 is 0 Å². The summed E-state index contributed by atoms with van der Waals surface area (Å²) in [7, 11) is 0. The molecule has 0 N–H and O–H groups in total. The first kappa shape index (κ1) is 14.0. The Kier molecular flexibility index (Phi) is 4.54. The van der Waals surface area contributed by atoms with Gasteiger partial charge in [-0.25, -0.2) is 4.98 Å². The standard InChI is InChI=1S/C13H18F3N/c1-4-6-10(5-2)11-7-8-12(13(14,15)16)17-9(11)3/h7-8,10H,4-6H2,1-3H3. The normalized spacial score (nSPS) is 13.8. The van der Waals surface area contributed by atoms with E-state index in [-0.39, 0.29) is 0 Å². The van der Waals surface area contributed by atoms with Crippen LogP contribution in [0.2, 0.25) is 0 Å². The highest BCUT2D eigenvalue weighted by molar-refractivity contribution is 5.26. The van der Waals surface area contributed by atoms with Crippen LogP contribution in [0.4, 0.5) is 13.2 Å². The van der Waals surface area contributed by atoms with Crippen LogP contribution in [0.25, 0.3) is 0 Å². The van der Waals surface area contributed by atoms with Crippen LogP contribution in [0.5, 0.6) is 0 Å². The van der Waals surface area contributed by atoms with E-state index in [2.05, 4.69) is 18.8 Å². The molecule has 96 valence electrons. The lowest BCUT2D eigenvalue weighted by atomic mass is 9.91. The van der Waals surface area contributed by atoms with Crippen LogP contribution in [-0.2, 0) is 6.18 Å². The summed E-state index contributed by atoms with van der Waals surface area (Å²) >= 11 is 0. The van der Waals surface area contributed by atoms with Gasteiger partial charge in [0.15, 0.2) is 0 Å². The number of aromatic nitrogens is 1. The minimum atomic E-state index is -4.35. The molecule has 0 radical (unpaired) electrons. The minimum Gasteiger partial charge on any atom is -0.248 e. The van der Waals surface area contributed by atoms with Crippen LogP contribution >= 0.6 is 0 Å². The summed E-state index contributed by atoms with van der Waals surface area (Å²) in [6.45, 7) is 5.79. The SMILES string of the molecule is CCCC(CC)c1ccc(C(F)(F)F)nc1C. The topological polar surface area (TPSA) is 12.9 Å². The maximum atomic E-state index is 12.5. The van der Waals surface area contributed by atoms with E-state index in [1.54, 1.807) is 13.0 Å². The fourth-order valence-corrected chi connectivity index (χ4v) is 2.09. The van der Waals surface area contributed by atoms with Crippen LogP contribution in [0.1, 0.15) is 56.0 Å². The first-order chi connectivity index (χ1) is 7.90. The predicted octanol–water partition coefficient (Wildman–Crippen LogP) is 4.70. The van der Waals surface area contributed by atoms with Crippen molar-refractivity contribution in [2.75, 3.05) is 0 Å². The Hall–Kier alpha value is -1.06. The number of halogens is 3. The molecule has 0 aliphatic carbocycles. The van der Waals surface area contributed by atoms with Gasteiger partial charge in [0.1, 0.15) is 5.69 Å². The summed E-state index contributed by atoms with van der Waals surface area (Å²) in [4.78, 5) is 3.67. The third-order valence-corrected chi connectivity index (χ3v) is 2.99. The molecule has 1 aromatic heterocycles. The molecule has 1 heterocycles. The van der Waals surface area contributed by atoms with Crippen molar-refractivity contribution in [2.24, 2.45) is 0 Å². The smallest absolute Gasteiger partial charge is 0.248 e. The Morgan fingerprint density at radius 3 is 2.29 bits per heavy atom. The molecule has 4 heteroatoms. The minimum absolute atomic E-state index is 0.315. The van der Waals surface area contributed by atoms with Gasteiger partial charge in [-0.3, -0.25) is 0 Å². The van der Waals surface area contributed by atoms with Gasteiger partial charge >= 0.3 is 6.18 Å². The molecule has 0 spiro atoms. The van der Waals surface area contributed by atoms with E-state index < -0.39 is 11.9 Å². The van der Waals surface area contributed by atoms with Crippen molar-refractivity contribution in [3.63, 3.8) is 0 Å². The Morgan fingerprint density at radius 2 is 1.88 bits per heavy atom. The molecule has 0 bridgehead atoms. The van der Waals surface area contributed by atoms with Crippen molar-refractivity contribution in [1.82, 2.24) is 4.98 Å². The van der Waals surface area contributed by atoms with Gasteiger partial charge in [-0.15, -0.1) is 0 Å². The summed E-state index contributed by atoms with van der Waals surface area (Å²) < 4.78 is 37.4. The molecule has 0 saturated heterocycles. The zero-order valence-corrected chi connectivity index (χ0v) is 10.4. The second-order valence-corrected chi connectivity index (χ2v) is 4.26. The summed E-state index contributed by atoms with van der Waals surface area (Å²) in [5.74, 6) is 0.315. The van der Waals surface area contributed by atoms with Gasteiger partial charge in [0.2, 0.25) is 0 Å². The zero-order valence-electron chi connectivity index (χ0n) is 10.4. The second kappa shape index (κ2) is 5.52. The number of aryl methyl sites for hydroxylation is 1. The van der Waals surface area contributed by atoms with E-state index in [1.807, 2.05) is 0 Å². The molecule has 0 aliphatic heterocycles. The van der Waals surface area contributed by atoms with Gasteiger partial charge in [0.05, 0.1) is 0 Å². The van der Waals surface area contributed by atoms with E-state index in [4.69, 9.17) is 0 Å². The van der Waals surface area contributed by atoms with Gasteiger partial charge in [0.25, 0.3) is 0 Å². The van der Waals surface area contributed by atoms with Gasteiger partial charge < -0.3 is 0 Å². The Bertz CT molecular complexity index is 371. The fraction of sp³-hybridized carbons (Fsp3) is 0.615. The van der Waals surface area contributed by atoms with Crippen molar-refractivity contribution in [1.29, 1.82) is 0 Å². The van der Waals surface area contributed by atoms with E-state index in [0.29, 0.717) is 11.6 Å². The van der Waals surface area contributed by atoms with Crippen LogP contribution in [-0.4, -0.2) is 4.98 Å². The highest BCUT2D eigenvalue weighted by atomic mass is 19.4. The Labute approximate surface area is 100 Å². The molecule has 1 rings (SSSR count). The third kappa shape index (κ3) is 3.45. The second-order valence-electron chi connectivity index (χ2n) is 4.26. The molecule has 0 aromatic carbocycles. The summed E-state index contributed by atoms with van der Waals surface area (Å²) in [5, 5.41) is 0. The van der Waals surface area contributed by atoms with Crippen LogP contribution in [0.15, 0.2) is 12.1 Å². The van der Waals surface area contributed by atoms with Gasteiger partial charge in [-0.2, -0.15) is 13.2 Å². The first-order valence-electron chi connectivity index (χ1n) is 5.94. The quantitative estimate of drug-likeness (QED) is 0.749. The molecule has 0 amide bonds. The molecule has 1 nitrogen and oxygen atoms in total. The molecule has 17 heavy (non-hydrogen) atoms. The molecule has 0 fully saturated rings. The molecule has 1 atom stereocenters.